The molecular formula is C22H24N4O2. The van der Waals surface area contributed by atoms with Crippen LogP contribution in [0.4, 0.5) is 0 Å². The molecule has 1 aliphatic heterocycles. The summed E-state index contributed by atoms with van der Waals surface area (Å²) in [5, 5.41) is 0. The average molecular weight is 376 g/mol. The predicted octanol–water partition coefficient (Wildman–Crippen LogP) is 3.74. The molecule has 2 aromatic heterocycles. The van der Waals surface area contributed by atoms with E-state index >= 15 is 0 Å². The minimum atomic E-state index is 0.0271. The van der Waals surface area contributed by atoms with Crippen LogP contribution in [-0.2, 0) is 0 Å². The van der Waals surface area contributed by atoms with E-state index in [0.29, 0.717) is 17.5 Å². The Balaban J connectivity index is 1.47. The molecule has 0 unspecified atom stereocenters. The number of imidazole rings is 1. The van der Waals surface area contributed by atoms with Gasteiger partial charge in [0.1, 0.15) is 5.82 Å². The molecule has 144 valence electrons. The van der Waals surface area contributed by atoms with Crippen LogP contribution in [-0.4, -0.2) is 45.5 Å². The van der Waals surface area contributed by atoms with Gasteiger partial charge < -0.3 is 14.2 Å². The highest BCUT2D eigenvalue weighted by atomic mass is 16.5. The van der Waals surface area contributed by atoms with E-state index < -0.39 is 0 Å². The molecule has 0 N–H and O–H groups in total. The van der Waals surface area contributed by atoms with Gasteiger partial charge in [-0.1, -0.05) is 30.3 Å². The second-order valence-electron chi connectivity index (χ2n) is 7.07. The summed E-state index contributed by atoms with van der Waals surface area (Å²) in [5.41, 5.74) is 2.88. The van der Waals surface area contributed by atoms with E-state index in [1.165, 1.54) is 0 Å². The van der Waals surface area contributed by atoms with Gasteiger partial charge in [-0.2, -0.15) is 0 Å². The van der Waals surface area contributed by atoms with Crippen molar-refractivity contribution in [2.24, 2.45) is 0 Å². The van der Waals surface area contributed by atoms with E-state index in [1.54, 1.807) is 25.4 Å². The number of benzene rings is 1. The number of hydrogen-bond acceptors (Lipinski definition) is 4. The predicted molar refractivity (Wildman–Crippen MR) is 107 cm³/mol. The second-order valence-corrected chi connectivity index (χ2v) is 7.07. The highest BCUT2D eigenvalue weighted by molar-refractivity contribution is 5.94. The lowest BCUT2D eigenvalue weighted by atomic mass is 10.0. The molecule has 3 aromatic rings. The second kappa shape index (κ2) is 7.84. The Morgan fingerprint density at radius 2 is 1.79 bits per heavy atom. The fourth-order valence-electron chi connectivity index (χ4n) is 3.85. The van der Waals surface area contributed by atoms with E-state index in [4.69, 9.17) is 4.74 Å². The molecule has 3 heterocycles. The van der Waals surface area contributed by atoms with Gasteiger partial charge in [0.05, 0.1) is 12.7 Å². The van der Waals surface area contributed by atoms with E-state index in [1.807, 2.05) is 29.3 Å². The molecular weight excluding hydrogens is 352 g/mol. The molecule has 1 aliphatic rings. The molecule has 6 heteroatoms. The monoisotopic (exact) mass is 376 g/mol. The number of hydrogen-bond donors (Lipinski definition) is 0. The van der Waals surface area contributed by atoms with Gasteiger partial charge in [-0.05, 0) is 25.8 Å². The lowest BCUT2D eigenvalue weighted by Gasteiger charge is -2.34. The lowest BCUT2D eigenvalue weighted by Crippen LogP contribution is -2.39. The number of pyridine rings is 1. The first kappa shape index (κ1) is 18.2. The number of likely N-dealkylation sites (tertiary alicyclic amines) is 1. The normalized spacial score (nSPS) is 14.9. The largest absolute Gasteiger partial charge is 0.481 e. The quantitative estimate of drug-likeness (QED) is 0.696. The molecule has 1 amide bonds. The summed E-state index contributed by atoms with van der Waals surface area (Å²) >= 11 is 0. The van der Waals surface area contributed by atoms with Crippen molar-refractivity contribution >= 4 is 5.91 Å². The van der Waals surface area contributed by atoms with Crippen molar-refractivity contribution in [1.29, 1.82) is 0 Å². The summed E-state index contributed by atoms with van der Waals surface area (Å²) in [4.78, 5) is 23.5. The Bertz CT molecular complexity index is 942. The number of rotatable bonds is 4. The first-order valence-electron chi connectivity index (χ1n) is 9.56. The third-order valence-corrected chi connectivity index (χ3v) is 5.32. The number of nitrogens with zero attached hydrogens (tertiary/aromatic N) is 4. The van der Waals surface area contributed by atoms with Gasteiger partial charge >= 0.3 is 0 Å². The minimum absolute atomic E-state index is 0.0271. The van der Waals surface area contributed by atoms with Crippen LogP contribution in [0.2, 0.25) is 0 Å². The number of ether oxygens (including phenoxy) is 1. The third kappa shape index (κ3) is 3.50. The van der Waals surface area contributed by atoms with Gasteiger partial charge in [0.15, 0.2) is 0 Å². The standard InChI is InChI=1S/C22H24N4O2/c1-16-14-24-21(17-6-4-3-5-7-17)26(16)19-10-12-25(13-11-19)22(27)18-8-9-20(28-2)23-15-18/h3-9,14-15,19H,10-13H2,1-2H3. The summed E-state index contributed by atoms with van der Waals surface area (Å²) in [6.45, 7) is 3.54. The number of piperidine rings is 1. The zero-order chi connectivity index (χ0) is 19.5. The maximum absolute atomic E-state index is 12.8. The molecule has 1 aromatic carbocycles. The molecule has 0 saturated carbocycles. The van der Waals surface area contributed by atoms with Crippen LogP contribution in [0.25, 0.3) is 11.4 Å². The molecule has 28 heavy (non-hydrogen) atoms. The number of carbonyl (C=O) groups excluding carboxylic acids is 1. The van der Waals surface area contributed by atoms with E-state index in [2.05, 4.69) is 33.6 Å². The van der Waals surface area contributed by atoms with Crippen molar-refractivity contribution in [1.82, 2.24) is 19.4 Å². The SMILES string of the molecule is COc1ccc(C(=O)N2CCC(n3c(C)cnc3-c3ccccc3)CC2)cn1. The fourth-order valence-corrected chi connectivity index (χ4v) is 3.85. The Kier molecular flexibility index (Phi) is 5.10. The van der Waals surface area contributed by atoms with Gasteiger partial charge in [0.2, 0.25) is 5.88 Å². The summed E-state index contributed by atoms with van der Waals surface area (Å²) in [7, 11) is 1.57. The lowest BCUT2D eigenvalue weighted by molar-refractivity contribution is 0.0694. The Morgan fingerprint density at radius 3 is 2.43 bits per heavy atom. The maximum Gasteiger partial charge on any atom is 0.255 e. The molecule has 6 nitrogen and oxygen atoms in total. The summed E-state index contributed by atoms with van der Waals surface area (Å²) in [6, 6.07) is 14.1. The van der Waals surface area contributed by atoms with Crippen LogP contribution in [0.5, 0.6) is 5.88 Å². The van der Waals surface area contributed by atoms with E-state index in [9.17, 15) is 4.79 Å². The van der Waals surface area contributed by atoms with Gasteiger partial charge in [0, 0.05) is 48.8 Å². The van der Waals surface area contributed by atoms with Crippen molar-refractivity contribution < 1.29 is 9.53 Å². The zero-order valence-electron chi connectivity index (χ0n) is 16.2. The number of aromatic nitrogens is 3. The average Bonchev–Trinajstić information content (AvgIpc) is 3.15. The van der Waals surface area contributed by atoms with Crippen LogP contribution < -0.4 is 4.74 Å². The highest BCUT2D eigenvalue weighted by Crippen LogP contribution is 2.30. The van der Waals surface area contributed by atoms with Crippen molar-refractivity contribution in [3.8, 4) is 17.3 Å². The Hall–Kier alpha value is -3.15. The molecule has 0 aliphatic carbocycles. The molecule has 1 saturated heterocycles. The van der Waals surface area contributed by atoms with Crippen LogP contribution in [0.15, 0.2) is 54.9 Å². The van der Waals surface area contributed by atoms with Crippen LogP contribution in [0, 0.1) is 6.92 Å². The molecule has 0 spiro atoms. The number of amides is 1. The summed E-state index contributed by atoms with van der Waals surface area (Å²) in [5.74, 6) is 1.54. The summed E-state index contributed by atoms with van der Waals surface area (Å²) in [6.07, 6.45) is 5.34. The van der Waals surface area contributed by atoms with E-state index in [0.717, 1.165) is 43.0 Å². The van der Waals surface area contributed by atoms with Crippen molar-refractivity contribution in [3.05, 3.63) is 66.1 Å². The van der Waals surface area contributed by atoms with Gasteiger partial charge in [-0.25, -0.2) is 9.97 Å². The molecule has 1 fully saturated rings. The third-order valence-electron chi connectivity index (χ3n) is 5.32. The summed E-state index contributed by atoms with van der Waals surface area (Å²) < 4.78 is 7.39. The van der Waals surface area contributed by atoms with Crippen LogP contribution in [0.1, 0.15) is 34.9 Å². The highest BCUT2D eigenvalue weighted by Gasteiger charge is 2.27. The molecule has 0 radical (unpaired) electrons. The van der Waals surface area contributed by atoms with Crippen LogP contribution >= 0.6 is 0 Å². The van der Waals surface area contributed by atoms with Crippen molar-refractivity contribution in [2.75, 3.05) is 20.2 Å². The minimum Gasteiger partial charge on any atom is -0.481 e. The first-order chi connectivity index (χ1) is 13.7. The van der Waals surface area contributed by atoms with Crippen molar-refractivity contribution in [3.63, 3.8) is 0 Å². The van der Waals surface area contributed by atoms with Crippen molar-refractivity contribution in [2.45, 2.75) is 25.8 Å². The maximum atomic E-state index is 12.8. The van der Waals surface area contributed by atoms with E-state index in [-0.39, 0.29) is 5.91 Å². The molecule has 4 rings (SSSR count). The fraction of sp³-hybridized carbons (Fsp3) is 0.318. The molecule has 0 atom stereocenters. The topological polar surface area (TPSA) is 60.2 Å². The first-order valence-corrected chi connectivity index (χ1v) is 9.56. The zero-order valence-corrected chi connectivity index (χ0v) is 16.2. The van der Waals surface area contributed by atoms with Gasteiger partial charge in [0.25, 0.3) is 5.91 Å². The molecule has 0 bridgehead atoms. The van der Waals surface area contributed by atoms with Crippen LogP contribution in [0.3, 0.4) is 0 Å². The van der Waals surface area contributed by atoms with Gasteiger partial charge in [-0.3, -0.25) is 4.79 Å². The number of methoxy groups -OCH3 is 1. The Labute approximate surface area is 164 Å². The number of aryl methyl sites for hydroxylation is 1. The number of carbonyl (C=O) groups is 1. The smallest absolute Gasteiger partial charge is 0.255 e. The Morgan fingerprint density at radius 1 is 1.04 bits per heavy atom. The van der Waals surface area contributed by atoms with Gasteiger partial charge in [-0.15, -0.1) is 0 Å².